The minimum Gasteiger partial charge on any atom is -0.353 e. The van der Waals surface area contributed by atoms with Crippen LogP contribution in [0.1, 0.15) is 62.2 Å². The molecule has 4 heteroatoms. The van der Waals surface area contributed by atoms with Crippen LogP contribution in [0.2, 0.25) is 0 Å². The molecule has 26 heavy (non-hydrogen) atoms. The monoisotopic (exact) mass is 354 g/mol. The minimum atomic E-state index is -0.118. The number of hydrogen-bond acceptors (Lipinski definition) is 2. The van der Waals surface area contributed by atoms with Crippen LogP contribution in [-0.4, -0.2) is 24.4 Å². The second-order valence-corrected chi connectivity index (χ2v) is 8.94. The van der Waals surface area contributed by atoms with Gasteiger partial charge in [0.2, 0.25) is 5.91 Å². The first-order valence-electron chi connectivity index (χ1n) is 10.2. The van der Waals surface area contributed by atoms with Gasteiger partial charge >= 0.3 is 0 Å². The molecule has 140 valence electrons. The van der Waals surface area contributed by atoms with Crippen LogP contribution < -0.4 is 10.6 Å². The third-order valence-corrected chi connectivity index (χ3v) is 7.06. The molecule has 4 aliphatic rings. The Morgan fingerprint density at radius 1 is 1.04 bits per heavy atom. The fraction of sp³-hybridized carbons (Fsp3) is 0.636. The molecule has 0 radical (unpaired) electrons. The molecule has 1 atom stereocenters. The summed E-state index contributed by atoms with van der Waals surface area (Å²) in [7, 11) is 0. The molecule has 4 saturated carbocycles. The van der Waals surface area contributed by atoms with Gasteiger partial charge < -0.3 is 10.6 Å². The molecule has 2 amide bonds. The summed E-state index contributed by atoms with van der Waals surface area (Å²) in [5, 5.41) is 6.10. The van der Waals surface area contributed by atoms with Crippen molar-refractivity contribution in [2.45, 2.75) is 57.9 Å². The summed E-state index contributed by atoms with van der Waals surface area (Å²) in [4.78, 5) is 24.4. The fourth-order valence-electron chi connectivity index (χ4n) is 6.16. The number of carbonyl (C=O) groups is 2. The highest BCUT2D eigenvalue weighted by molar-refractivity contribution is 5.94. The first kappa shape index (κ1) is 17.6. The van der Waals surface area contributed by atoms with Gasteiger partial charge in [0.05, 0.1) is 0 Å². The lowest BCUT2D eigenvalue weighted by atomic mass is 9.48. The zero-order valence-electron chi connectivity index (χ0n) is 15.7. The second kappa shape index (κ2) is 7.05. The molecule has 4 nitrogen and oxygen atoms in total. The van der Waals surface area contributed by atoms with Crippen molar-refractivity contribution in [3.63, 3.8) is 0 Å². The molecular weight excluding hydrogens is 324 g/mol. The van der Waals surface area contributed by atoms with Gasteiger partial charge in [-0.2, -0.15) is 0 Å². The summed E-state index contributed by atoms with van der Waals surface area (Å²) >= 11 is 0. The van der Waals surface area contributed by atoms with Crippen LogP contribution in [0.25, 0.3) is 0 Å². The molecule has 2 N–H and O–H groups in total. The lowest BCUT2D eigenvalue weighted by molar-refractivity contribution is -0.125. The lowest BCUT2D eigenvalue weighted by Gasteiger charge is -2.59. The van der Waals surface area contributed by atoms with Crippen molar-refractivity contribution in [2.75, 3.05) is 6.54 Å². The van der Waals surface area contributed by atoms with Crippen LogP contribution in [0.5, 0.6) is 0 Å². The molecule has 1 aromatic rings. The molecular formula is C22H30N2O2. The Balaban J connectivity index is 1.25. The Labute approximate surface area is 156 Å². The summed E-state index contributed by atoms with van der Waals surface area (Å²) in [6.45, 7) is 2.58. The van der Waals surface area contributed by atoms with E-state index in [9.17, 15) is 9.59 Å². The smallest absolute Gasteiger partial charge is 0.251 e. The average Bonchev–Trinajstić information content (AvgIpc) is 2.61. The molecule has 0 aliphatic heterocycles. The molecule has 0 spiro atoms. The summed E-state index contributed by atoms with van der Waals surface area (Å²) in [5.74, 6) is 2.62. The summed E-state index contributed by atoms with van der Waals surface area (Å²) in [6.07, 6.45) is 8.50. The zero-order chi connectivity index (χ0) is 18.1. The van der Waals surface area contributed by atoms with E-state index in [2.05, 4.69) is 17.6 Å². The van der Waals surface area contributed by atoms with Crippen molar-refractivity contribution >= 4 is 11.8 Å². The number of hydrogen-bond donors (Lipinski definition) is 2. The van der Waals surface area contributed by atoms with Crippen molar-refractivity contribution in [1.29, 1.82) is 0 Å². The zero-order valence-corrected chi connectivity index (χ0v) is 15.7. The number of carbonyl (C=O) groups excluding carboxylic acids is 2. The van der Waals surface area contributed by atoms with Gasteiger partial charge in [0.1, 0.15) is 0 Å². The molecule has 0 unspecified atom stereocenters. The van der Waals surface area contributed by atoms with E-state index in [0.717, 1.165) is 17.8 Å². The van der Waals surface area contributed by atoms with E-state index in [1.165, 1.54) is 38.5 Å². The predicted octanol–water partition coefficient (Wildman–Crippen LogP) is 3.53. The summed E-state index contributed by atoms with van der Waals surface area (Å²) in [6, 6.07) is 9.38. The van der Waals surface area contributed by atoms with Crippen LogP contribution in [0.3, 0.4) is 0 Å². The largest absolute Gasteiger partial charge is 0.353 e. The van der Waals surface area contributed by atoms with Crippen molar-refractivity contribution < 1.29 is 9.59 Å². The van der Waals surface area contributed by atoms with Gasteiger partial charge in [-0.15, -0.1) is 0 Å². The Morgan fingerprint density at radius 2 is 1.62 bits per heavy atom. The predicted molar refractivity (Wildman–Crippen MR) is 102 cm³/mol. The quantitative estimate of drug-likeness (QED) is 0.821. The van der Waals surface area contributed by atoms with Gasteiger partial charge in [-0.3, -0.25) is 9.59 Å². The van der Waals surface area contributed by atoms with E-state index in [-0.39, 0.29) is 17.9 Å². The summed E-state index contributed by atoms with van der Waals surface area (Å²) < 4.78 is 0. The SMILES string of the molecule is C[C@@H](NC(=O)CCNC(=O)c1ccccc1)C12CC3CC(CC(C3)C1)C2. The number of benzene rings is 1. The van der Waals surface area contributed by atoms with Gasteiger partial charge in [0.25, 0.3) is 5.91 Å². The summed E-state index contributed by atoms with van der Waals surface area (Å²) in [5.41, 5.74) is 0.965. The van der Waals surface area contributed by atoms with Gasteiger partial charge in [-0.05, 0) is 80.8 Å². The van der Waals surface area contributed by atoms with E-state index < -0.39 is 0 Å². The topological polar surface area (TPSA) is 58.2 Å². The Bertz CT molecular complexity index is 635. The average molecular weight is 354 g/mol. The Hall–Kier alpha value is -1.84. The molecule has 1 aromatic carbocycles. The van der Waals surface area contributed by atoms with Crippen LogP contribution in [0.4, 0.5) is 0 Å². The first-order chi connectivity index (χ1) is 12.5. The third-order valence-electron chi connectivity index (χ3n) is 7.06. The van der Waals surface area contributed by atoms with E-state index in [1.807, 2.05) is 18.2 Å². The molecule has 4 aliphatic carbocycles. The van der Waals surface area contributed by atoms with E-state index in [0.29, 0.717) is 23.9 Å². The minimum absolute atomic E-state index is 0.0570. The molecule has 4 fully saturated rings. The van der Waals surface area contributed by atoms with Crippen LogP contribution in [0.15, 0.2) is 30.3 Å². The fourth-order valence-corrected chi connectivity index (χ4v) is 6.16. The molecule has 0 saturated heterocycles. The van der Waals surface area contributed by atoms with Crippen LogP contribution in [0, 0.1) is 23.2 Å². The normalized spacial score (nSPS) is 32.9. The maximum Gasteiger partial charge on any atom is 0.251 e. The highest BCUT2D eigenvalue weighted by Crippen LogP contribution is 2.61. The van der Waals surface area contributed by atoms with Gasteiger partial charge in [-0.1, -0.05) is 18.2 Å². The highest BCUT2D eigenvalue weighted by atomic mass is 16.2. The number of nitrogens with one attached hydrogen (secondary N) is 2. The van der Waals surface area contributed by atoms with Crippen molar-refractivity contribution in [3.05, 3.63) is 35.9 Å². The molecule has 0 heterocycles. The van der Waals surface area contributed by atoms with Crippen LogP contribution >= 0.6 is 0 Å². The molecule has 0 aromatic heterocycles. The molecule has 5 rings (SSSR count). The Morgan fingerprint density at radius 3 is 2.19 bits per heavy atom. The maximum absolute atomic E-state index is 12.4. The number of amides is 2. The second-order valence-electron chi connectivity index (χ2n) is 8.94. The van der Waals surface area contributed by atoms with Crippen molar-refractivity contribution in [2.24, 2.45) is 23.2 Å². The van der Waals surface area contributed by atoms with Gasteiger partial charge in [-0.25, -0.2) is 0 Å². The van der Waals surface area contributed by atoms with E-state index >= 15 is 0 Å². The van der Waals surface area contributed by atoms with Crippen LogP contribution in [-0.2, 0) is 4.79 Å². The van der Waals surface area contributed by atoms with E-state index in [1.54, 1.807) is 12.1 Å². The van der Waals surface area contributed by atoms with Gasteiger partial charge in [0.15, 0.2) is 0 Å². The van der Waals surface area contributed by atoms with Gasteiger partial charge in [0, 0.05) is 24.6 Å². The van der Waals surface area contributed by atoms with Crippen molar-refractivity contribution in [3.8, 4) is 0 Å². The lowest BCUT2D eigenvalue weighted by Crippen LogP contribution is -2.56. The Kier molecular flexibility index (Phi) is 4.76. The standard InChI is InChI=1S/C22H30N2O2/c1-15(22-12-16-9-17(13-22)11-18(10-16)14-22)24-20(25)7-8-23-21(26)19-5-3-2-4-6-19/h2-6,15-18H,7-14H2,1H3,(H,23,26)(H,24,25)/t15-,16?,17?,18?,22?/m1/s1. The molecule has 4 bridgehead atoms. The highest BCUT2D eigenvalue weighted by Gasteiger charge is 2.53. The van der Waals surface area contributed by atoms with Crippen molar-refractivity contribution in [1.82, 2.24) is 10.6 Å². The number of rotatable bonds is 6. The maximum atomic E-state index is 12.4. The first-order valence-corrected chi connectivity index (χ1v) is 10.2. The van der Waals surface area contributed by atoms with E-state index in [4.69, 9.17) is 0 Å². The third kappa shape index (κ3) is 3.51.